The Balaban J connectivity index is 1.23. The van der Waals surface area contributed by atoms with Crippen LogP contribution in [-0.4, -0.2) is 47.1 Å². The Bertz CT molecular complexity index is 1490. The summed E-state index contributed by atoms with van der Waals surface area (Å²) in [5.41, 5.74) is -0.239. The summed E-state index contributed by atoms with van der Waals surface area (Å²) >= 11 is 0. The highest BCUT2D eigenvalue weighted by Gasteiger charge is 2.52. The molecule has 0 radical (unpaired) electrons. The molecular formula is C30H28F2N2O5. The molecule has 9 heteroatoms. The average Bonchev–Trinajstić information content (AvgIpc) is 3.55. The van der Waals surface area contributed by atoms with Crippen LogP contribution in [0.2, 0.25) is 0 Å². The minimum Gasteiger partial charge on any atom is -0.451 e. The quantitative estimate of drug-likeness (QED) is 0.410. The van der Waals surface area contributed by atoms with E-state index in [1.165, 1.54) is 0 Å². The number of carbonyl (C=O) groups excluding carboxylic acids is 2. The maximum Gasteiger partial charge on any atom is 0.287 e. The fraction of sp³-hybridized carbons (Fsp3) is 0.400. The number of amides is 2. The standard InChI is InChI=1S/C30H28F2N2O5/c1-2-27(9-10-27)34-26(36)28(11-13-30(31,32)14-12-28)33-25(35)24-16-21-4-3-20(15-23(21)39-24)19-5-7-22(8-6-19)29(37)17-38-18-29/h1,3-8,15-16,37H,9-14,17-18H2,(H,33,35)(H,34,36). The van der Waals surface area contributed by atoms with Crippen LogP contribution in [0.3, 0.4) is 0 Å². The summed E-state index contributed by atoms with van der Waals surface area (Å²) in [7, 11) is 0. The van der Waals surface area contributed by atoms with Gasteiger partial charge in [0.2, 0.25) is 11.8 Å². The predicted octanol–water partition coefficient (Wildman–Crippen LogP) is 4.28. The fourth-order valence-electron chi connectivity index (χ4n) is 5.26. The zero-order chi connectivity index (χ0) is 27.5. The van der Waals surface area contributed by atoms with Gasteiger partial charge in [0.05, 0.1) is 13.2 Å². The molecule has 2 saturated carbocycles. The SMILES string of the molecule is C#CC1(NC(=O)C2(NC(=O)c3cc4ccc(-c5ccc(C6(O)COC6)cc5)cc4o3)CCC(F)(F)CC2)CC1. The van der Waals surface area contributed by atoms with Gasteiger partial charge in [0, 0.05) is 18.2 Å². The molecule has 0 spiro atoms. The number of aliphatic hydroxyl groups is 1. The molecule has 1 aromatic heterocycles. The molecule has 0 bridgehead atoms. The first-order valence-electron chi connectivity index (χ1n) is 13.0. The molecule has 39 heavy (non-hydrogen) atoms. The number of fused-ring (bicyclic) bond motifs is 1. The zero-order valence-electron chi connectivity index (χ0n) is 21.2. The molecule has 2 heterocycles. The first-order valence-corrected chi connectivity index (χ1v) is 13.0. The van der Waals surface area contributed by atoms with E-state index in [2.05, 4.69) is 16.6 Å². The molecule has 3 fully saturated rings. The second-order valence-electron chi connectivity index (χ2n) is 11.0. The van der Waals surface area contributed by atoms with Gasteiger partial charge in [-0.25, -0.2) is 8.78 Å². The molecule has 2 aliphatic carbocycles. The molecule has 0 atom stereocenters. The number of hydrogen-bond donors (Lipinski definition) is 3. The number of rotatable bonds is 6. The third-order valence-electron chi connectivity index (χ3n) is 8.18. The van der Waals surface area contributed by atoms with Crippen molar-refractivity contribution in [3.8, 4) is 23.5 Å². The van der Waals surface area contributed by atoms with Crippen molar-refractivity contribution >= 4 is 22.8 Å². The highest BCUT2D eigenvalue weighted by atomic mass is 19.3. The first-order chi connectivity index (χ1) is 18.5. The second kappa shape index (κ2) is 8.90. The Morgan fingerprint density at radius 1 is 0.897 bits per heavy atom. The second-order valence-corrected chi connectivity index (χ2v) is 11.0. The fourth-order valence-corrected chi connectivity index (χ4v) is 5.26. The number of halogens is 2. The van der Waals surface area contributed by atoms with Crippen LogP contribution in [0.15, 0.2) is 52.9 Å². The highest BCUT2D eigenvalue weighted by molar-refractivity contribution is 6.00. The lowest BCUT2D eigenvalue weighted by Gasteiger charge is -2.39. The molecule has 2 aromatic carbocycles. The van der Waals surface area contributed by atoms with Gasteiger partial charge in [0.1, 0.15) is 22.3 Å². The molecule has 3 N–H and O–H groups in total. The van der Waals surface area contributed by atoms with Crippen molar-refractivity contribution < 1.29 is 32.6 Å². The van der Waals surface area contributed by atoms with Gasteiger partial charge in [-0.15, -0.1) is 6.42 Å². The van der Waals surface area contributed by atoms with Crippen LogP contribution in [-0.2, 0) is 15.1 Å². The molecule has 1 saturated heterocycles. The van der Waals surface area contributed by atoms with E-state index in [0.29, 0.717) is 23.8 Å². The van der Waals surface area contributed by atoms with Crippen LogP contribution in [0, 0.1) is 12.3 Å². The van der Waals surface area contributed by atoms with Crippen molar-refractivity contribution in [2.75, 3.05) is 13.2 Å². The Kier molecular flexibility index (Phi) is 5.83. The lowest BCUT2D eigenvalue weighted by Crippen LogP contribution is -2.62. The van der Waals surface area contributed by atoms with E-state index in [9.17, 15) is 23.5 Å². The van der Waals surface area contributed by atoms with Gasteiger partial charge < -0.3 is 24.9 Å². The first kappa shape index (κ1) is 25.5. The Morgan fingerprint density at radius 2 is 1.56 bits per heavy atom. The largest absolute Gasteiger partial charge is 0.451 e. The molecule has 0 unspecified atom stereocenters. The van der Waals surface area contributed by atoms with Crippen LogP contribution >= 0.6 is 0 Å². The summed E-state index contributed by atoms with van der Waals surface area (Å²) in [6, 6.07) is 14.6. The van der Waals surface area contributed by atoms with Gasteiger partial charge in [0.25, 0.3) is 5.91 Å². The van der Waals surface area contributed by atoms with Gasteiger partial charge in [0.15, 0.2) is 5.76 Å². The highest BCUT2D eigenvalue weighted by Crippen LogP contribution is 2.41. The van der Waals surface area contributed by atoms with E-state index in [-0.39, 0.29) is 31.8 Å². The molecule has 3 aromatic rings. The van der Waals surface area contributed by atoms with Crippen LogP contribution in [0.1, 0.15) is 54.6 Å². The van der Waals surface area contributed by atoms with E-state index in [4.69, 9.17) is 15.6 Å². The maximum absolute atomic E-state index is 14.0. The number of alkyl halides is 2. The zero-order valence-corrected chi connectivity index (χ0v) is 21.2. The predicted molar refractivity (Wildman–Crippen MR) is 139 cm³/mol. The van der Waals surface area contributed by atoms with Gasteiger partial charge in [-0.2, -0.15) is 0 Å². The van der Waals surface area contributed by atoms with Gasteiger partial charge in [-0.05, 0) is 54.5 Å². The van der Waals surface area contributed by atoms with Gasteiger partial charge in [-0.3, -0.25) is 9.59 Å². The molecule has 6 rings (SSSR count). The van der Waals surface area contributed by atoms with E-state index in [0.717, 1.165) is 16.7 Å². The van der Waals surface area contributed by atoms with Crippen molar-refractivity contribution in [1.82, 2.24) is 10.6 Å². The lowest BCUT2D eigenvalue weighted by atomic mass is 9.78. The molecule has 202 valence electrons. The van der Waals surface area contributed by atoms with Crippen molar-refractivity contribution in [2.45, 2.75) is 61.1 Å². The Hall–Kier alpha value is -3.74. The third-order valence-corrected chi connectivity index (χ3v) is 8.18. The van der Waals surface area contributed by atoms with Crippen molar-refractivity contribution in [3.05, 3.63) is 59.9 Å². The van der Waals surface area contributed by atoms with E-state index < -0.39 is 47.3 Å². The van der Waals surface area contributed by atoms with E-state index >= 15 is 0 Å². The van der Waals surface area contributed by atoms with Crippen molar-refractivity contribution in [1.29, 1.82) is 0 Å². The summed E-state index contributed by atoms with van der Waals surface area (Å²) in [5, 5.41) is 16.7. The van der Waals surface area contributed by atoms with Gasteiger partial charge >= 0.3 is 0 Å². The summed E-state index contributed by atoms with van der Waals surface area (Å²) in [4.78, 5) is 26.6. The van der Waals surface area contributed by atoms with Crippen molar-refractivity contribution in [2.24, 2.45) is 0 Å². The van der Waals surface area contributed by atoms with Crippen molar-refractivity contribution in [3.63, 3.8) is 0 Å². The normalized spacial score (nSPS) is 21.8. The van der Waals surface area contributed by atoms with Crippen LogP contribution in [0.25, 0.3) is 22.1 Å². The average molecular weight is 535 g/mol. The van der Waals surface area contributed by atoms with Crippen LogP contribution in [0.4, 0.5) is 8.78 Å². The Morgan fingerprint density at radius 3 is 2.15 bits per heavy atom. The molecule has 1 aliphatic heterocycles. The number of terminal acetylenes is 1. The molecule has 3 aliphatic rings. The minimum absolute atomic E-state index is 0.0210. The maximum atomic E-state index is 14.0. The molecular weight excluding hydrogens is 506 g/mol. The minimum atomic E-state index is -2.89. The Labute approximate surface area is 223 Å². The summed E-state index contributed by atoms with van der Waals surface area (Å²) in [6.07, 6.45) is 5.32. The van der Waals surface area contributed by atoms with Gasteiger partial charge in [-0.1, -0.05) is 42.3 Å². The summed E-state index contributed by atoms with van der Waals surface area (Å²) < 4.78 is 39.0. The topological polar surface area (TPSA) is 101 Å². The number of furan rings is 1. The molecule has 2 amide bonds. The lowest BCUT2D eigenvalue weighted by molar-refractivity contribution is -0.184. The smallest absolute Gasteiger partial charge is 0.287 e. The van der Waals surface area contributed by atoms with E-state index in [1.807, 2.05) is 36.4 Å². The number of carbonyl (C=O) groups is 2. The summed E-state index contributed by atoms with van der Waals surface area (Å²) in [5.74, 6) is -1.54. The third kappa shape index (κ3) is 4.68. The van der Waals surface area contributed by atoms with Crippen LogP contribution in [0.5, 0.6) is 0 Å². The number of hydrogen-bond acceptors (Lipinski definition) is 5. The monoisotopic (exact) mass is 534 g/mol. The molecule has 7 nitrogen and oxygen atoms in total. The summed E-state index contributed by atoms with van der Waals surface area (Å²) in [6.45, 7) is 0.539. The number of nitrogens with one attached hydrogen (secondary N) is 2. The number of ether oxygens (including phenoxy) is 1. The van der Waals surface area contributed by atoms with Crippen LogP contribution < -0.4 is 10.6 Å². The number of benzene rings is 2. The van der Waals surface area contributed by atoms with E-state index in [1.54, 1.807) is 12.1 Å².